The Balaban J connectivity index is 4.11. The molecule has 0 aliphatic carbocycles. The fraction of sp³-hybridized carbons (Fsp3) is 0.917. The van der Waals surface area contributed by atoms with E-state index >= 15 is 0 Å². The molecule has 44 heavy (non-hydrogen) atoms. The zero-order valence-electron chi connectivity index (χ0n) is 28.7. The van der Waals surface area contributed by atoms with Gasteiger partial charge in [-0.2, -0.15) is 8.42 Å². The number of carbonyl (C=O) groups is 1. The van der Waals surface area contributed by atoms with Gasteiger partial charge in [-0.1, -0.05) is 180 Å². The number of amides is 1. The van der Waals surface area contributed by atoms with Crippen LogP contribution in [0.15, 0.2) is 12.2 Å². The highest BCUT2D eigenvalue weighted by Crippen LogP contribution is 2.15. The molecular weight excluding hydrogens is 574 g/mol. The Morgan fingerprint density at radius 3 is 1.36 bits per heavy atom. The molecule has 1 amide bonds. The topological polar surface area (TPSA) is 124 Å². The molecule has 0 aromatic heterocycles. The fourth-order valence-electron chi connectivity index (χ4n) is 5.69. The van der Waals surface area contributed by atoms with Crippen LogP contribution in [-0.2, 0) is 14.9 Å². The Labute approximate surface area is 272 Å². The predicted octanol–water partition coefficient (Wildman–Crippen LogP) is 9.21. The first-order valence-electron chi connectivity index (χ1n) is 18.5. The number of allylic oxidation sites excluding steroid dienone is 1. The highest BCUT2D eigenvalue weighted by Gasteiger charge is 2.27. The lowest BCUT2D eigenvalue weighted by atomic mass is 10.0. The van der Waals surface area contributed by atoms with Crippen molar-refractivity contribution in [2.45, 2.75) is 205 Å². The van der Waals surface area contributed by atoms with Crippen molar-refractivity contribution in [1.82, 2.24) is 5.32 Å². The molecule has 0 aliphatic rings. The van der Waals surface area contributed by atoms with E-state index in [2.05, 4.69) is 19.2 Å². The maximum absolute atomic E-state index is 12.5. The van der Waals surface area contributed by atoms with Crippen LogP contribution in [0.4, 0.5) is 0 Å². The van der Waals surface area contributed by atoms with Crippen molar-refractivity contribution in [1.29, 1.82) is 0 Å². The summed E-state index contributed by atoms with van der Waals surface area (Å²) < 4.78 is 32.4. The smallest absolute Gasteiger partial charge is 0.267 e. The number of rotatable bonds is 33. The van der Waals surface area contributed by atoms with Gasteiger partial charge in [0.2, 0.25) is 5.91 Å². The molecule has 8 heteroatoms. The summed E-state index contributed by atoms with van der Waals surface area (Å²) >= 11 is 0. The number of hydrogen-bond donors (Lipinski definition) is 4. The zero-order valence-corrected chi connectivity index (χ0v) is 29.5. The molecule has 3 atom stereocenters. The molecule has 0 heterocycles. The molecule has 7 nitrogen and oxygen atoms in total. The quantitative estimate of drug-likeness (QED) is 0.0320. The maximum Gasteiger partial charge on any atom is 0.267 e. The predicted molar refractivity (Wildman–Crippen MR) is 186 cm³/mol. The largest absolute Gasteiger partial charge is 0.387 e. The molecule has 0 aromatic rings. The first kappa shape index (κ1) is 43.0. The van der Waals surface area contributed by atoms with Crippen LogP contribution in [-0.4, -0.2) is 53.1 Å². The van der Waals surface area contributed by atoms with Gasteiger partial charge in [0.1, 0.15) is 6.10 Å². The third-order valence-corrected chi connectivity index (χ3v) is 9.35. The standard InChI is InChI=1S/C36H71NO6S/c1-3-5-7-9-11-13-15-17-19-20-22-24-26-28-30-34(38)33(32-44(41,42)43)37-36(40)35(39)31-29-27-25-23-21-18-16-14-12-10-8-6-4-2/h28,30,33-35,38-39H,3-27,29,31-32H2,1-2H3,(H,37,40)(H,41,42,43)/b30-28+. The number of aliphatic hydroxyl groups excluding tert-OH is 2. The lowest BCUT2D eigenvalue weighted by Crippen LogP contribution is -2.50. The lowest BCUT2D eigenvalue weighted by molar-refractivity contribution is -0.130. The third kappa shape index (κ3) is 29.7. The summed E-state index contributed by atoms with van der Waals surface area (Å²) in [4.78, 5) is 12.5. The molecule has 0 radical (unpaired) electrons. The molecule has 0 fully saturated rings. The molecule has 0 bridgehead atoms. The summed E-state index contributed by atoms with van der Waals surface area (Å²) in [5, 5.41) is 23.3. The molecule has 0 aromatic carbocycles. The number of aliphatic hydroxyl groups is 2. The van der Waals surface area contributed by atoms with E-state index in [-0.39, 0.29) is 6.42 Å². The zero-order chi connectivity index (χ0) is 32.7. The third-order valence-electron chi connectivity index (χ3n) is 8.57. The van der Waals surface area contributed by atoms with Gasteiger partial charge in [-0.05, 0) is 19.3 Å². The summed E-state index contributed by atoms with van der Waals surface area (Å²) in [6, 6.07) is -1.22. The van der Waals surface area contributed by atoms with E-state index < -0.39 is 40.0 Å². The minimum absolute atomic E-state index is 0.285. The normalized spacial score (nSPS) is 14.2. The summed E-state index contributed by atoms with van der Waals surface area (Å²) in [6.45, 7) is 4.48. The minimum Gasteiger partial charge on any atom is -0.387 e. The second-order valence-electron chi connectivity index (χ2n) is 13.0. The van der Waals surface area contributed by atoms with Crippen LogP contribution >= 0.6 is 0 Å². The van der Waals surface area contributed by atoms with E-state index in [0.29, 0.717) is 6.42 Å². The molecule has 0 saturated heterocycles. The van der Waals surface area contributed by atoms with Crippen molar-refractivity contribution in [2.75, 3.05) is 5.75 Å². The molecule has 3 unspecified atom stereocenters. The first-order valence-corrected chi connectivity index (χ1v) is 20.1. The van der Waals surface area contributed by atoms with Crippen molar-refractivity contribution < 1.29 is 28.0 Å². The Hall–Kier alpha value is -0.960. The van der Waals surface area contributed by atoms with Gasteiger partial charge in [0, 0.05) is 0 Å². The number of nitrogens with one attached hydrogen (secondary N) is 1. The van der Waals surface area contributed by atoms with Gasteiger partial charge in [0.15, 0.2) is 0 Å². The Bertz CT molecular complexity index is 773. The first-order chi connectivity index (χ1) is 21.2. The van der Waals surface area contributed by atoms with Crippen LogP contribution in [0.5, 0.6) is 0 Å². The van der Waals surface area contributed by atoms with Crippen LogP contribution in [0.3, 0.4) is 0 Å². The van der Waals surface area contributed by atoms with Gasteiger partial charge < -0.3 is 15.5 Å². The highest BCUT2D eigenvalue weighted by atomic mass is 32.2. The van der Waals surface area contributed by atoms with Gasteiger partial charge in [0.05, 0.1) is 17.9 Å². The van der Waals surface area contributed by atoms with Crippen molar-refractivity contribution in [3.63, 3.8) is 0 Å². The Morgan fingerprint density at radius 1 is 0.614 bits per heavy atom. The van der Waals surface area contributed by atoms with Crippen LogP contribution in [0.2, 0.25) is 0 Å². The lowest BCUT2D eigenvalue weighted by Gasteiger charge is -2.22. The van der Waals surface area contributed by atoms with E-state index in [1.807, 2.05) is 0 Å². The number of carbonyl (C=O) groups excluding carboxylic acids is 1. The van der Waals surface area contributed by atoms with Gasteiger partial charge in [-0.25, -0.2) is 0 Å². The Morgan fingerprint density at radius 2 is 0.977 bits per heavy atom. The average molecular weight is 646 g/mol. The monoisotopic (exact) mass is 646 g/mol. The number of unbranched alkanes of at least 4 members (excludes halogenated alkanes) is 24. The molecular formula is C36H71NO6S. The van der Waals surface area contributed by atoms with E-state index in [1.165, 1.54) is 128 Å². The molecule has 0 saturated carbocycles. The van der Waals surface area contributed by atoms with E-state index in [9.17, 15) is 28.0 Å². The van der Waals surface area contributed by atoms with Crippen LogP contribution in [0.1, 0.15) is 187 Å². The van der Waals surface area contributed by atoms with Crippen LogP contribution in [0.25, 0.3) is 0 Å². The van der Waals surface area contributed by atoms with Gasteiger partial charge in [0.25, 0.3) is 10.1 Å². The highest BCUT2D eigenvalue weighted by molar-refractivity contribution is 7.85. The fourth-order valence-corrected chi connectivity index (χ4v) is 6.43. The van der Waals surface area contributed by atoms with Gasteiger partial charge >= 0.3 is 0 Å². The van der Waals surface area contributed by atoms with E-state index in [1.54, 1.807) is 6.08 Å². The average Bonchev–Trinajstić information content (AvgIpc) is 2.98. The molecule has 0 spiro atoms. The second kappa shape index (κ2) is 30.7. The van der Waals surface area contributed by atoms with E-state index in [4.69, 9.17) is 0 Å². The summed E-state index contributed by atoms with van der Waals surface area (Å²) in [6.07, 6.45) is 32.6. The summed E-state index contributed by atoms with van der Waals surface area (Å²) in [7, 11) is -4.43. The van der Waals surface area contributed by atoms with E-state index in [0.717, 1.165) is 38.5 Å². The Kier molecular flexibility index (Phi) is 30.0. The van der Waals surface area contributed by atoms with Crippen LogP contribution < -0.4 is 5.32 Å². The molecule has 262 valence electrons. The van der Waals surface area contributed by atoms with Gasteiger partial charge in [-0.3, -0.25) is 9.35 Å². The minimum atomic E-state index is -4.43. The van der Waals surface area contributed by atoms with Crippen LogP contribution in [0, 0.1) is 0 Å². The van der Waals surface area contributed by atoms with Crippen molar-refractivity contribution in [2.24, 2.45) is 0 Å². The number of hydrogen-bond acceptors (Lipinski definition) is 5. The van der Waals surface area contributed by atoms with Crippen molar-refractivity contribution in [3.05, 3.63) is 12.2 Å². The van der Waals surface area contributed by atoms with Crippen molar-refractivity contribution in [3.8, 4) is 0 Å². The SMILES string of the molecule is CCCCCCCCCCCCCC/C=C/C(O)C(CS(=O)(=O)O)NC(=O)C(O)CCCCCCCCCCCCCCC. The second-order valence-corrected chi connectivity index (χ2v) is 14.5. The summed E-state index contributed by atoms with van der Waals surface area (Å²) in [5.74, 6) is -1.53. The maximum atomic E-state index is 12.5. The molecule has 0 rings (SSSR count). The molecule has 4 N–H and O–H groups in total. The van der Waals surface area contributed by atoms with Crippen molar-refractivity contribution >= 4 is 16.0 Å². The molecule has 0 aliphatic heterocycles. The van der Waals surface area contributed by atoms with Gasteiger partial charge in [-0.15, -0.1) is 0 Å². The summed E-state index contributed by atoms with van der Waals surface area (Å²) in [5.41, 5.74) is 0.